The number of para-hydroxylation sites is 1. The van der Waals surface area contributed by atoms with Crippen LogP contribution in [0.1, 0.15) is 44.1 Å². The molecule has 3 atom stereocenters. The van der Waals surface area contributed by atoms with Gasteiger partial charge in [0.2, 0.25) is 11.8 Å². The summed E-state index contributed by atoms with van der Waals surface area (Å²) in [5.41, 5.74) is -1.16. The number of amides is 4. The lowest BCUT2D eigenvalue weighted by Crippen LogP contribution is -2.56. The lowest BCUT2D eigenvalue weighted by Gasteiger charge is -2.35. The molecule has 2 aliphatic rings. The molecule has 1 aromatic heterocycles. The molecule has 0 radical (unpaired) electrons. The Morgan fingerprint density at radius 1 is 0.978 bits per heavy atom. The van der Waals surface area contributed by atoms with E-state index in [0.717, 1.165) is 0 Å². The van der Waals surface area contributed by atoms with Crippen LogP contribution in [0.3, 0.4) is 0 Å². The van der Waals surface area contributed by atoms with Crippen LogP contribution in [-0.4, -0.2) is 139 Å². The van der Waals surface area contributed by atoms with Crippen molar-refractivity contribution >= 4 is 29.8 Å². The first-order valence-corrected chi connectivity index (χ1v) is 15.0. The lowest BCUT2D eigenvalue weighted by atomic mass is 10.1. The number of likely N-dealkylation sites (tertiary alicyclic amines) is 1. The number of nitrogens with zero attached hydrogens (tertiary/aromatic N) is 5. The first kappa shape index (κ1) is 34.2. The number of carbonyl (C=O) groups is 5. The molecule has 2 fully saturated rings. The Morgan fingerprint density at radius 2 is 1.59 bits per heavy atom. The van der Waals surface area contributed by atoms with E-state index in [1.165, 1.54) is 39.3 Å². The van der Waals surface area contributed by atoms with Gasteiger partial charge in [-0.3, -0.25) is 19.2 Å². The summed E-state index contributed by atoms with van der Waals surface area (Å²) in [5.74, 6) is -2.90. The van der Waals surface area contributed by atoms with Crippen molar-refractivity contribution in [2.24, 2.45) is 0 Å². The Labute approximate surface area is 265 Å². The Morgan fingerprint density at radius 3 is 2.17 bits per heavy atom. The van der Waals surface area contributed by atoms with Crippen LogP contribution in [0.15, 0.2) is 36.4 Å². The predicted molar refractivity (Wildman–Crippen MR) is 160 cm³/mol. The number of ether oxygens (including phenoxy) is 2. The average molecular weight is 645 g/mol. The van der Waals surface area contributed by atoms with E-state index in [1.807, 2.05) is 0 Å². The fraction of sp³-hybridized carbons (Fsp3) is 0.533. The van der Waals surface area contributed by atoms with Gasteiger partial charge in [0.05, 0.1) is 24.5 Å². The zero-order chi connectivity index (χ0) is 33.6. The summed E-state index contributed by atoms with van der Waals surface area (Å²) in [4.78, 5) is 67.9. The van der Waals surface area contributed by atoms with E-state index in [2.05, 4.69) is 10.4 Å². The third-order valence-electron chi connectivity index (χ3n) is 7.70. The number of aliphatic hydroxyl groups is 2. The van der Waals surface area contributed by atoms with E-state index in [9.17, 15) is 39.3 Å². The van der Waals surface area contributed by atoms with Crippen LogP contribution in [0.4, 0.5) is 4.79 Å². The van der Waals surface area contributed by atoms with Gasteiger partial charge in [-0.05, 0) is 39.3 Å². The molecule has 1 unspecified atom stereocenters. The molecule has 0 saturated carbocycles. The second-order valence-corrected chi connectivity index (χ2v) is 11.5. The van der Waals surface area contributed by atoms with Gasteiger partial charge in [-0.15, -0.1) is 0 Å². The predicted octanol–water partition coefficient (Wildman–Crippen LogP) is -0.142. The maximum Gasteiger partial charge on any atom is 0.409 e. The zero-order valence-electron chi connectivity index (χ0n) is 26.0. The number of β-amino-alcohol motifs (C(OH)–C–C–N with tert-alkyl or cyclic N) is 2. The van der Waals surface area contributed by atoms with Crippen molar-refractivity contribution in [3.63, 3.8) is 0 Å². The standard InChI is InChI=1S/C30H40N6O10/c1-4-45-29(44)34-14-12-33(13-15-34)27(42)20(10-11-25(39)40)31-26(41)21-16-24(36(32-21)19-8-6-5-7-9-19)46-30(2,3)28(43)35-17-22(37)23(38)18-35/h5-9,16,20,22-23,37-38H,4,10-15,17-18H2,1-3H3,(H,31,41)(H,39,40)/t20?,22-,23-/m0/s1. The average Bonchev–Trinajstić information content (AvgIpc) is 3.60. The van der Waals surface area contributed by atoms with Gasteiger partial charge in [-0.1, -0.05) is 18.2 Å². The molecule has 16 nitrogen and oxygen atoms in total. The topological polar surface area (TPSA) is 204 Å². The Balaban J connectivity index is 1.54. The summed E-state index contributed by atoms with van der Waals surface area (Å²) in [5, 5.41) is 36.1. The highest BCUT2D eigenvalue weighted by Crippen LogP contribution is 2.26. The second kappa shape index (κ2) is 14.6. The molecule has 2 aliphatic heterocycles. The molecule has 2 saturated heterocycles. The SMILES string of the molecule is CCOC(=O)N1CCN(C(=O)C(CCC(=O)O)NC(=O)c2cc(OC(C)(C)C(=O)N3C[C@H](O)[C@@H](O)C3)n(-c3ccccc3)n2)CC1. The van der Waals surface area contributed by atoms with Crippen molar-refractivity contribution < 1.29 is 48.8 Å². The van der Waals surface area contributed by atoms with E-state index < -0.39 is 53.6 Å². The lowest BCUT2D eigenvalue weighted by molar-refractivity contribution is -0.145. The molecule has 0 aliphatic carbocycles. The fourth-order valence-electron chi connectivity index (χ4n) is 5.22. The number of rotatable bonds is 11. The molecular formula is C30H40N6O10. The molecule has 3 heterocycles. The van der Waals surface area contributed by atoms with Gasteiger partial charge < -0.3 is 44.8 Å². The van der Waals surface area contributed by atoms with E-state index in [1.54, 1.807) is 37.3 Å². The van der Waals surface area contributed by atoms with Crippen molar-refractivity contribution in [2.45, 2.75) is 57.5 Å². The van der Waals surface area contributed by atoms with Crippen LogP contribution in [-0.2, 0) is 19.1 Å². The number of aliphatic carboxylic acids is 1. The number of carboxylic acids is 1. The van der Waals surface area contributed by atoms with Crippen molar-refractivity contribution in [1.29, 1.82) is 0 Å². The normalized spacial score (nSPS) is 19.0. The number of aliphatic hydroxyl groups excluding tert-OH is 2. The quantitative estimate of drug-likeness (QED) is 0.253. The largest absolute Gasteiger partial charge is 0.481 e. The summed E-state index contributed by atoms with van der Waals surface area (Å²) in [6.45, 7) is 5.58. The minimum absolute atomic E-state index is 0.0264. The number of piperazine rings is 1. The minimum Gasteiger partial charge on any atom is -0.481 e. The minimum atomic E-state index is -1.50. The van der Waals surface area contributed by atoms with Crippen LogP contribution in [0, 0.1) is 0 Å². The van der Waals surface area contributed by atoms with Crippen LogP contribution in [0.25, 0.3) is 5.69 Å². The second-order valence-electron chi connectivity index (χ2n) is 11.5. The Hall–Kier alpha value is -4.70. The smallest absolute Gasteiger partial charge is 0.409 e. The highest BCUT2D eigenvalue weighted by Gasteiger charge is 2.41. The van der Waals surface area contributed by atoms with Crippen LogP contribution >= 0.6 is 0 Å². The highest BCUT2D eigenvalue weighted by molar-refractivity contribution is 5.96. The maximum atomic E-state index is 13.5. The number of hydrogen-bond donors (Lipinski definition) is 4. The van der Waals surface area contributed by atoms with Gasteiger partial charge >= 0.3 is 12.1 Å². The number of carbonyl (C=O) groups excluding carboxylic acids is 4. The summed E-state index contributed by atoms with van der Waals surface area (Å²) < 4.78 is 12.4. The van der Waals surface area contributed by atoms with Crippen molar-refractivity contribution in [3.8, 4) is 11.6 Å². The number of benzene rings is 1. The van der Waals surface area contributed by atoms with Crippen LogP contribution in [0.2, 0.25) is 0 Å². The molecular weight excluding hydrogens is 604 g/mol. The van der Waals surface area contributed by atoms with Gasteiger partial charge in [0, 0.05) is 51.8 Å². The molecule has 16 heteroatoms. The summed E-state index contributed by atoms with van der Waals surface area (Å²) >= 11 is 0. The molecule has 1 aromatic carbocycles. The molecule has 250 valence electrons. The van der Waals surface area contributed by atoms with Gasteiger partial charge in [-0.2, -0.15) is 5.10 Å². The van der Waals surface area contributed by atoms with E-state index in [4.69, 9.17) is 9.47 Å². The highest BCUT2D eigenvalue weighted by atomic mass is 16.6. The van der Waals surface area contributed by atoms with Gasteiger partial charge in [0.15, 0.2) is 11.3 Å². The molecule has 0 bridgehead atoms. The summed E-state index contributed by atoms with van der Waals surface area (Å²) in [7, 11) is 0. The van der Waals surface area contributed by atoms with Gasteiger partial charge in [0.25, 0.3) is 11.8 Å². The number of hydrogen-bond acceptors (Lipinski definition) is 10. The van der Waals surface area contributed by atoms with Gasteiger partial charge in [0.1, 0.15) is 6.04 Å². The van der Waals surface area contributed by atoms with Gasteiger partial charge in [-0.25, -0.2) is 9.48 Å². The molecule has 4 rings (SSSR count). The molecule has 2 aromatic rings. The fourth-order valence-corrected chi connectivity index (χ4v) is 5.22. The molecule has 4 amide bonds. The van der Waals surface area contributed by atoms with E-state index >= 15 is 0 Å². The summed E-state index contributed by atoms with van der Waals surface area (Å²) in [6, 6.07) is 8.79. The molecule has 0 spiro atoms. The molecule has 4 N–H and O–H groups in total. The van der Waals surface area contributed by atoms with Crippen LogP contribution in [0.5, 0.6) is 5.88 Å². The first-order chi connectivity index (χ1) is 21.8. The molecule has 46 heavy (non-hydrogen) atoms. The van der Waals surface area contributed by atoms with E-state index in [0.29, 0.717) is 5.69 Å². The number of nitrogens with one attached hydrogen (secondary N) is 1. The first-order valence-electron chi connectivity index (χ1n) is 15.0. The monoisotopic (exact) mass is 644 g/mol. The Kier molecular flexibility index (Phi) is 10.8. The number of aromatic nitrogens is 2. The van der Waals surface area contributed by atoms with E-state index in [-0.39, 0.29) is 70.3 Å². The zero-order valence-corrected chi connectivity index (χ0v) is 26.0. The van der Waals surface area contributed by atoms with Crippen molar-refractivity contribution in [3.05, 3.63) is 42.1 Å². The van der Waals surface area contributed by atoms with Crippen molar-refractivity contribution in [2.75, 3.05) is 45.9 Å². The Bertz CT molecular complexity index is 1410. The summed E-state index contributed by atoms with van der Waals surface area (Å²) in [6.07, 6.45) is -3.22. The van der Waals surface area contributed by atoms with Crippen LogP contribution < -0.4 is 10.1 Å². The maximum absolute atomic E-state index is 13.5. The van der Waals surface area contributed by atoms with Crippen molar-refractivity contribution in [1.82, 2.24) is 29.8 Å². The third-order valence-corrected chi connectivity index (χ3v) is 7.70. The number of carboxylic acid groups (broad SMARTS) is 1. The third kappa shape index (κ3) is 8.11.